The van der Waals surface area contributed by atoms with E-state index in [9.17, 15) is 23.1 Å². The number of amides is 1. The van der Waals surface area contributed by atoms with Gasteiger partial charge in [-0.2, -0.15) is 16.1 Å². The number of nitrogens with one attached hydrogen (secondary N) is 1. The molecule has 156 valence electrons. The summed E-state index contributed by atoms with van der Waals surface area (Å²) in [6.45, 7) is 0. The number of hydrogen-bond donors (Lipinski definition) is 2. The fourth-order valence-electron chi connectivity index (χ4n) is 3.34. The van der Waals surface area contributed by atoms with Crippen molar-refractivity contribution in [2.75, 3.05) is 19.1 Å². The molecule has 1 aliphatic carbocycles. The van der Waals surface area contributed by atoms with E-state index in [0.717, 1.165) is 32.1 Å². The number of thioether (sulfide) groups is 1. The Hall–Kier alpha value is -1.58. The van der Waals surface area contributed by atoms with E-state index in [4.69, 9.17) is 0 Å². The SMILES string of the molecule is CSCCC(NC(=O)c1cccc(S(=O)(=O)N(C)C2CCCCC2)c1)C(=O)O. The Kier molecular flexibility index (Phi) is 8.33. The van der Waals surface area contributed by atoms with Crippen molar-refractivity contribution in [2.45, 2.75) is 55.5 Å². The standard InChI is InChI=1S/C19H28N2O5S2/c1-21(15-8-4-3-5-9-15)28(25,26)16-10-6-7-14(13-16)18(22)20-17(19(23)24)11-12-27-2/h6-7,10,13,15,17H,3-5,8-9,11-12H2,1-2H3,(H,20,22)(H,23,24). The summed E-state index contributed by atoms with van der Waals surface area (Å²) in [5.74, 6) is -1.10. The molecule has 1 fully saturated rings. The van der Waals surface area contributed by atoms with Crippen molar-refractivity contribution < 1.29 is 23.1 Å². The fourth-order valence-corrected chi connectivity index (χ4v) is 5.27. The molecule has 1 aromatic rings. The van der Waals surface area contributed by atoms with Gasteiger partial charge in [-0.1, -0.05) is 25.3 Å². The molecule has 2 N–H and O–H groups in total. The second-order valence-corrected chi connectivity index (χ2v) is 9.97. The molecule has 9 heteroatoms. The van der Waals surface area contributed by atoms with Crippen LogP contribution in [0.25, 0.3) is 0 Å². The zero-order chi connectivity index (χ0) is 20.7. The number of aliphatic carboxylic acids is 1. The van der Waals surface area contributed by atoms with Crippen LogP contribution in [0.5, 0.6) is 0 Å². The molecule has 0 aromatic heterocycles. The topological polar surface area (TPSA) is 104 Å². The molecular formula is C19H28N2O5S2. The highest BCUT2D eigenvalue weighted by Crippen LogP contribution is 2.26. The molecule has 1 aromatic carbocycles. The highest BCUT2D eigenvalue weighted by molar-refractivity contribution is 7.98. The molecule has 0 aliphatic heterocycles. The van der Waals surface area contributed by atoms with Gasteiger partial charge in [-0.05, 0) is 49.5 Å². The van der Waals surface area contributed by atoms with E-state index in [1.54, 1.807) is 7.05 Å². The first kappa shape index (κ1) is 22.7. The van der Waals surface area contributed by atoms with Gasteiger partial charge < -0.3 is 10.4 Å². The highest BCUT2D eigenvalue weighted by Gasteiger charge is 2.29. The van der Waals surface area contributed by atoms with Crippen molar-refractivity contribution in [3.05, 3.63) is 29.8 Å². The lowest BCUT2D eigenvalue weighted by Crippen LogP contribution is -2.41. The Morgan fingerprint density at radius 1 is 1.29 bits per heavy atom. The minimum atomic E-state index is -3.72. The van der Waals surface area contributed by atoms with E-state index in [2.05, 4.69) is 5.32 Å². The molecule has 7 nitrogen and oxygen atoms in total. The van der Waals surface area contributed by atoms with E-state index < -0.39 is 27.9 Å². The normalized spacial score (nSPS) is 16.7. The van der Waals surface area contributed by atoms with Crippen LogP contribution in [-0.4, -0.2) is 60.8 Å². The first-order valence-electron chi connectivity index (χ1n) is 9.38. The van der Waals surface area contributed by atoms with Gasteiger partial charge in [-0.3, -0.25) is 4.79 Å². The van der Waals surface area contributed by atoms with Crippen LogP contribution in [0, 0.1) is 0 Å². The van der Waals surface area contributed by atoms with Gasteiger partial charge in [0.25, 0.3) is 5.91 Å². The second-order valence-electron chi connectivity index (χ2n) is 6.99. The van der Waals surface area contributed by atoms with E-state index >= 15 is 0 Å². The third kappa shape index (κ3) is 5.71. The van der Waals surface area contributed by atoms with Gasteiger partial charge in [0.1, 0.15) is 6.04 Å². The van der Waals surface area contributed by atoms with Crippen LogP contribution >= 0.6 is 11.8 Å². The van der Waals surface area contributed by atoms with Crippen LogP contribution in [0.1, 0.15) is 48.9 Å². The highest BCUT2D eigenvalue weighted by atomic mass is 32.2. The van der Waals surface area contributed by atoms with Crippen molar-refractivity contribution in [2.24, 2.45) is 0 Å². The van der Waals surface area contributed by atoms with E-state index in [0.29, 0.717) is 12.2 Å². The molecule has 1 aliphatic rings. The number of nitrogens with zero attached hydrogens (tertiary/aromatic N) is 1. The zero-order valence-corrected chi connectivity index (χ0v) is 17.9. The summed E-state index contributed by atoms with van der Waals surface area (Å²) in [5.41, 5.74) is 0.133. The Balaban J connectivity index is 2.17. The van der Waals surface area contributed by atoms with Gasteiger partial charge >= 0.3 is 5.97 Å². The molecule has 1 amide bonds. The average Bonchev–Trinajstić information content (AvgIpc) is 2.70. The molecular weight excluding hydrogens is 400 g/mol. The largest absolute Gasteiger partial charge is 0.480 e. The second kappa shape index (κ2) is 10.3. The average molecular weight is 429 g/mol. The van der Waals surface area contributed by atoms with Crippen LogP contribution < -0.4 is 5.32 Å². The Labute approximate surface area is 170 Å². The number of sulfonamides is 1. The van der Waals surface area contributed by atoms with E-state index in [-0.39, 0.29) is 16.5 Å². The maximum atomic E-state index is 13.0. The number of carbonyl (C=O) groups is 2. The number of carbonyl (C=O) groups excluding carboxylic acids is 1. The number of rotatable bonds is 9. The van der Waals surface area contributed by atoms with Crippen LogP contribution in [-0.2, 0) is 14.8 Å². The summed E-state index contributed by atoms with van der Waals surface area (Å²) in [6, 6.07) is 4.74. The smallest absolute Gasteiger partial charge is 0.326 e. The van der Waals surface area contributed by atoms with Gasteiger partial charge in [0.2, 0.25) is 10.0 Å². The van der Waals surface area contributed by atoms with Crippen molar-refractivity contribution >= 4 is 33.7 Å². The molecule has 28 heavy (non-hydrogen) atoms. The minimum absolute atomic E-state index is 0.0285. The maximum Gasteiger partial charge on any atom is 0.326 e. The van der Waals surface area contributed by atoms with Crippen molar-refractivity contribution in [3.63, 3.8) is 0 Å². The molecule has 1 saturated carbocycles. The predicted molar refractivity (Wildman–Crippen MR) is 110 cm³/mol. The number of carboxylic acids is 1. The lowest BCUT2D eigenvalue weighted by Gasteiger charge is -2.30. The fraction of sp³-hybridized carbons (Fsp3) is 0.579. The van der Waals surface area contributed by atoms with Crippen LogP contribution in [0.2, 0.25) is 0 Å². The van der Waals surface area contributed by atoms with Crippen molar-refractivity contribution in [1.29, 1.82) is 0 Å². The third-order valence-corrected chi connectivity index (χ3v) is 7.63. The molecule has 2 rings (SSSR count). The molecule has 1 unspecified atom stereocenters. The number of carboxylic acid groups (broad SMARTS) is 1. The zero-order valence-electron chi connectivity index (χ0n) is 16.3. The van der Waals surface area contributed by atoms with E-state index in [1.807, 2.05) is 6.26 Å². The van der Waals surface area contributed by atoms with Gasteiger partial charge in [0, 0.05) is 18.7 Å². The molecule has 0 bridgehead atoms. The molecule has 0 heterocycles. The van der Waals surface area contributed by atoms with Gasteiger partial charge in [-0.15, -0.1) is 0 Å². The summed E-state index contributed by atoms with van der Waals surface area (Å²) < 4.78 is 27.4. The van der Waals surface area contributed by atoms with Crippen molar-refractivity contribution in [3.8, 4) is 0 Å². The molecule has 0 radical (unpaired) electrons. The van der Waals surface area contributed by atoms with Gasteiger partial charge in [0.15, 0.2) is 0 Å². The molecule has 1 atom stereocenters. The summed E-state index contributed by atoms with van der Waals surface area (Å²) in [5, 5.41) is 11.7. The number of benzene rings is 1. The molecule has 0 saturated heterocycles. The molecule has 0 spiro atoms. The first-order chi connectivity index (χ1) is 13.3. The summed E-state index contributed by atoms with van der Waals surface area (Å²) in [6.07, 6.45) is 6.99. The van der Waals surface area contributed by atoms with Gasteiger partial charge in [-0.25, -0.2) is 13.2 Å². The maximum absolute atomic E-state index is 13.0. The van der Waals surface area contributed by atoms with Crippen LogP contribution in [0.4, 0.5) is 0 Å². The number of hydrogen-bond acceptors (Lipinski definition) is 5. The van der Waals surface area contributed by atoms with Crippen LogP contribution in [0.15, 0.2) is 29.2 Å². The monoisotopic (exact) mass is 428 g/mol. The predicted octanol–water partition coefficient (Wildman–Crippen LogP) is 2.58. The Morgan fingerprint density at radius 3 is 2.57 bits per heavy atom. The van der Waals surface area contributed by atoms with Crippen molar-refractivity contribution in [1.82, 2.24) is 9.62 Å². The lowest BCUT2D eigenvalue weighted by molar-refractivity contribution is -0.139. The summed E-state index contributed by atoms with van der Waals surface area (Å²) >= 11 is 1.49. The summed E-state index contributed by atoms with van der Waals surface area (Å²) in [7, 11) is -2.14. The quantitative estimate of drug-likeness (QED) is 0.627. The van der Waals surface area contributed by atoms with Gasteiger partial charge in [0.05, 0.1) is 4.90 Å². The first-order valence-corrected chi connectivity index (χ1v) is 12.2. The Bertz CT molecular complexity index is 791. The van der Waals surface area contributed by atoms with E-state index in [1.165, 1.54) is 40.3 Å². The summed E-state index contributed by atoms with van der Waals surface area (Å²) in [4.78, 5) is 23.9. The lowest BCUT2D eigenvalue weighted by atomic mass is 9.96. The minimum Gasteiger partial charge on any atom is -0.480 e. The van der Waals surface area contributed by atoms with Crippen LogP contribution in [0.3, 0.4) is 0 Å². The Morgan fingerprint density at radius 2 is 1.96 bits per heavy atom. The third-order valence-electron chi connectivity index (χ3n) is 5.08.